The number of amides is 1. The van der Waals surface area contributed by atoms with E-state index in [4.69, 9.17) is 5.73 Å². The highest BCUT2D eigenvalue weighted by atomic mass is 32.1. The first-order valence-corrected chi connectivity index (χ1v) is 6.80. The molecule has 0 saturated heterocycles. The van der Waals surface area contributed by atoms with Crippen molar-refractivity contribution >= 4 is 28.6 Å². The summed E-state index contributed by atoms with van der Waals surface area (Å²) in [6, 6.07) is 5.86. The average Bonchev–Trinajstić information content (AvgIpc) is 2.92. The van der Waals surface area contributed by atoms with Crippen molar-refractivity contribution in [2.24, 2.45) is 5.73 Å². The van der Waals surface area contributed by atoms with Gasteiger partial charge in [0, 0.05) is 17.7 Å². The Bertz CT molecular complexity index is 640. The minimum Gasteiger partial charge on any atom is -0.373 e. The van der Waals surface area contributed by atoms with Crippen LogP contribution in [0.5, 0.6) is 0 Å². The lowest BCUT2D eigenvalue weighted by Crippen LogP contribution is -2.13. The van der Waals surface area contributed by atoms with E-state index in [9.17, 15) is 14.9 Å². The van der Waals surface area contributed by atoms with E-state index in [1.807, 2.05) is 23.8 Å². The number of nitrogens with one attached hydrogen (secondary N) is 1. The lowest BCUT2D eigenvalue weighted by atomic mass is 10.1. The second-order valence-electron chi connectivity index (χ2n) is 4.28. The number of carbonyl (C=O) groups excluding carboxylic acids is 1. The Morgan fingerprint density at radius 2 is 2.20 bits per heavy atom. The van der Waals surface area contributed by atoms with Crippen LogP contribution in [-0.2, 0) is 0 Å². The first-order valence-electron chi connectivity index (χ1n) is 5.86. The third kappa shape index (κ3) is 2.94. The van der Waals surface area contributed by atoms with Gasteiger partial charge in [0.1, 0.15) is 5.69 Å². The third-order valence-electron chi connectivity index (χ3n) is 2.89. The van der Waals surface area contributed by atoms with Gasteiger partial charge < -0.3 is 11.1 Å². The minimum atomic E-state index is -0.619. The molecule has 2 rings (SSSR count). The van der Waals surface area contributed by atoms with Gasteiger partial charge in [-0.3, -0.25) is 14.9 Å². The normalized spacial score (nSPS) is 11.8. The van der Waals surface area contributed by atoms with Crippen molar-refractivity contribution in [2.75, 3.05) is 5.32 Å². The molecule has 0 spiro atoms. The largest absolute Gasteiger partial charge is 0.373 e. The standard InChI is InChI=1S/C13H13N3O3S/c1-8(10-4-5-20-7-10)15-11-6-9(13(14)17)2-3-12(11)16(18)19/h2-8,15H,1H3,(H2,14,17). The van der Waals surface area contributed by atoms with Crippen molar-refractivity contribution in [1.29, 1.82) is 0 Å². The molecule has 0 saturated carbocycles. The molecular formula is C13H13N3O3S. The molecule has 1 unspecified atom stereocenters. The Morgan fingerprint density at radius 3 is 2.75 bits per heavy atom. The summed E-state index contributed by atoms with van der Waals surface area (Å²) in [6.07, 6.45) is 0. The Kier molecular flexibility index (Phi) is 3.99. The second-order valence-corrected chi connectivity index (χ2v) is 5.06. The van der Waals surface area contributed by atoms with Gasteiger partial charge in [0.05, 0.1) is 4.92 Å². The summed E-state index contributed by atoms with van der Waals surface area (Å²) in [6.45, 7) is 1.89. The van der Waals surface area contributed by atoms with Crippen LogP contribution in [-0.4, -0.2) is 10.8 Å². The van der Waals surface area contributed by atoms with Gasteiger partial charge in [-0.2, -0.15) is 11.3 Å². The summed E-state index contributed by atoms with van der Waals surface area (Å²) < 4.78 is 0. The molecule has 0 radical (unpaired) electrons. The number of nitrogens with two attached hydrogens (primary N) is 1. The Balaban J connectivity index is 2.35. The van der Waals surface area contributed by atoms with Crippen molar-refractivity contribution in [3.8, 4) is 0 Å². The Labute approximate surface area is 119 Å². The van der Waals surface area contributed by atoms with Crippen molar-refractivity contribution in [1.82, 2.24) is 0 Å². The summed E-state index contributed by atoms with van der Waals surface area (Å²) in [5, 5.41) is 18.0. The molecule has 0 aliphatic heterocycles. The fourth-order valence-corrected chi connectivity index (χ4v) is 2.56. The average molecular weight is 291 g/mol. The lowest BCUT2D eigenvalue weighted by Gasteiger charge is -2.14. The quantitative estimate of drug-likeness (QED) is 0.653. The van der Waals surface area contributed by atoms with Crippen molar-refractivity contribution < 1.29 is 9.72 Å². The summed E-state index contributed by atoms with van der Waals surface area (Å²) >= 11 is 1.55. The third-order valence-corrected chi connectivity index (χ3v) is 3.59. The molecule has 1 amide bonds. The predicted octanol–water partition coefficient (Wildman–Crippen LogP) is 2.93. The lowest BCUT2D eigenvalue weighted by molar-refractivity contribution is -0.384. The predicted molar refractivity (Wildman–Crippen MR) is 78.0 cm³/mol. The summed E-state index contributed by atoms with van der Waals surface area (Å²) in [5.74, 6) is -0.619. The van der Waals surface area contributed by atoms with E-state index in [0.29, 0.717) is 0 Å². The van der Waals surface area contributed by atoms with E-state index >= 15 is 0 Å². The molecule has 0 bridgehead atoms. The van der Waals surface area contributed by atoms with Crippen LogP contribution in [0.1, 0.15) is 28.9 Å². The van der Waals surface area contributed by atoms with E-state index in [1.54, 1.807) is 11.3 Å². The number of primary amides is 1. The van der Waals surface area contributed by atoms with Crippen LogP contribution in [0.3, 0.4) is 0 Å². The summed E-state index contributed by atoms with van der Waals surface area (Å²) in [4.78, 5) is 21.7. The molecule has 7 heteroatoms. The van der Waals surface area contributed by atoms with Gasteiger partial charge in [-0.1, -0.05) is 0 Å². The van der Waals surface area contributed by atoms with Crippen LogP contribution in [0.4, 0.5) is 11.4 Å². The van der Waals surface area contributed by atoms with Gasteiger partial charge >= 0.3 is 0 Å². The van der Waals surface area contributed by atoms with Gasteiger partial charge in [-0.25, -0.2) is 0 Å². The van der Waals surface area contributed by atoms with Crippen LogP contribution < -0.4 is 11.1 Å². The molecule has 0 fully saturated rings. The maximum atomic E-state index is 11.2. The maximum Gasteiger partial charge on any atom is 0.292 e. The zero-order chi connectivity index (χ0) is 14.7. The molecule has 0 aliphatic rings. The van der Waals surface area contributed by atoms with E-state index in [2.05, 4.69) is 5.32 Å². The first kappa shape index (κ1) is 14.0. The maximum absolute atomic E-state index is 11.2. The molecule has 20 heavy (non-hydrogen) atoms. The number of anilines is 1. The number of hydrogen-bond acceptors (Lipinski definition) is 5. The Hall–Kier alpha value is -2.41. The number of nitro benzene ring substituents is 1. The zero-order valence-electron chi connectivity index (χ0n) is 10.7. The molecule has 1 heterocycles. The van der Waals surface area contributed by atoms with Crippen molar-refractivity contribution in [2.45, 2.75) is 13.0 Å². The van der Waals surface area contributed by atoms with Crippen LogP contribution >= 0.6 is 11.3 Å². The number of thiophene rings is 1. The zero-order valence-corrected chi connectivity index (χ0v) is 11.5. The molecule has 1 aromatic carbocycles. The topological polar surface area (TPSA) is 98.3 Å². The molecule has 1 aromatic heterocycles. The van der Waals surface area contributed by atoms with Crippen LogP contribution in [0.25, 0.3) is 0 Å². The van der Waals surface area contributed by atoms with Gasteiger partial charge in [-0.05, 0) is 41.4 Å². The van der Waals surface area contributed by atoms with Gasteiger partial charge in [0.2, 0.25) is 5.91 Å². The molecule has 2 aromatic rings. The second kappa shape index (κ2) is 5.70. The Morgan fingerprint density at radius 1 is 1.45 bits per heavy atom. The van der Waals surface area contributed by atoms with Crippen molar-refractivity contribution in [3.05, 3.63) is 56.3 Å². The summed E-state index contributed by atoms with van der Waals surface area (Å²) in [5.41, 5.74) is 6.65. The van der Waals surface area contributed by atoms with Crippen molar-refractivity contribution in [3.63, 3.8) is 0 Å². The SMILES string of the molecule is CC(Nc1cc(C(N)=O)ccc1[N+](=O)[O-])c1ccsc1. The fraction of sp³-hybridized carbons (Fsp3) is 0.154. The van der Waals surface area contributed by atoms with E-state index in [1.165, 1.54) is 18.2 Å². The molecule has 0 aliphatic carbocycles. The van der Waals surface area contributed by atoms with Crippen LogP contribution in [0, 0.1) is 10.1 Å². The number of benzene rings is 1. The van der Waals surface area contributed by atoms with E-state index in [-0.39, 0.29) is 23.0 Å². The number of carbonyl (C=O) groups is 1. The fourth-order valence-electron chi connectivity index (χ4n) is 1.80. The first-order chi connectivity index (χ1) is 9.49. The highest BCUT2D eigenvalue weighted by Crippen LogP contribution is 2.29. The molecule has 6 nitrogen and oxygen atoms in total. The van der Waals surface area contributed by atoms with Gasteiger partial charge in [-0.15, -0.1) is 0 Å². The summed E-state index contributed by atoms with van der Waals surface area (Å²) in [7, 11) is 0. The van der Waals surface area contributed by atoms with Crippen LogP contribution in [0.15, 0.2) is 35.0 Å². The van der Waals surface area contributed by atoms with E-state index < -0.39 is 10.8 Å². The van der Waals surface area contributed by atoms with Crippen LogP contribution in [0.2, 0.25) is 0 Å². The van der Waals surface area contributed by atoms with E-state index in [0.717, 1.165) is 5.56 Å². The number of nitro groups is 1. The van der Waals surface area contributed by atoms with Gasteiger partial charge in [0.25, 0.3) is 5.69 Å². The number of nitrogens with zero attached hydrogens (tertiary/aromatic N) is 1. The minimum absolute atomic E-state index is 0.0860. The smallest absolute Gasteiger partial charge is 0.292 e. The molecule has 104 valence electrons. The number of rotatable bonds is 5. The van der Waals surface area contributed by atoms with Gasteiger partial charge in [0.15, 0.2) is 0 Å². The number of hydrogen-bond donors (Lipinski definition) is 2. The molecule has 1 atom stereocenters. The highest BCUT2D eigenvalue weighted by molar-refractivity contribution is 7.07. The monoisotopic (exact) mass is 291 g/mol. The highest BCUT2D eigenvalue weighted by Gasteiger charge is 2.18. The molecule has 3 N–H and O–H groups in total. The molecular weight excluding hydrogens is 278 g/mol.